The quantitative estimate of drug-likeness (QED) is 0.608. The molecular weight excluding hydrogens is 324 g/mol. The summed E-state index contributed by atoms with van der Waals surface area (Å²) in [7, 11) is -3.09. The van der Waals surface area contributed by atoms with E-state index in [1.54, 1.807) is 26.0 Å². The first-order valence-electron chi connectivity index (χ1n) is 7.49. The third kappa shape index (κ3) is 3.63. The molecule has 2 rings (SSSR count). The highest BCUT2D eigenvalue weighted by Crippen LogP contribution is 2.36. The molecule has 1 aromatic carbocycles. The monoisotopic (exact) mass is 344 g/mol. The summed E-state index contributed by atoms with van der Waals surface area (Å²) < 4.78 is 28.9. The Balaban J connectivity index is 2.13. The Morgan fingerprint density at radius 1 is 1.32 bits per heavy atom. The average Bonchev–Trinajstić information content (AvgIpc) is 2.85. The highest BCUT2D eigenvalue weighted by atomic mass is 35.5. The molecule has 22 heavy (non-hydrogen) atoms. The average molecular weight is 345 g/mol. The molecule has 122 valence electrons. The van der Waals surface area contributed by atoms with Crippen LogP contribution >= 0.6 is 11.6 Å². The van der Waals surface area contributed by atoms with E-state index in [-0.39, 0.29) is 17.6 Å². The molecule has 0 amide bonds. The van der Waals surface area contributed by atoms with Crippen LogP contribution in [-0.2, 0) is 19.4 Å². The molecule has 1 fully saturated rings. The summed E-state index contributed by atoms with van der Waals surface area (Å²) in [5, 5.41) is -1.05. The number of alkyl halides is 1. The molecule has 0 saturated carbocycles. The largest absolute Gasteiger partial charge is 0.466 e. The second-order valence-corrected chi connectivity index (χ2v) is 8.40. The summed E-state index contributed by atoms with van der Waals surface area (Å²) >= 11 is 6.37. The summed E-state index contributed by atoms with van der Waals surface area (Å²) in [5.41, 5.74) is 1.61. The van der Waals surface area contributed by atoms with Crippen molar-refractivity contribution in [3.8, 4) is 0 Å². The van der Waals surface area contributed by atoms with E-state index in [9.17, 15) is 13.2 Å². The van der Waals surface area contributed by atoms with Gasteiger partial charge < -0.3 is 4.74 Å². The first-order valence-corrected chi connectivity index (χ1v) is 9.64. The number of hydrogen-bond donors (Lipinski definition) is 0. The van der Waals surface area contributed by atoms with E-state index in [2.05, 4.69) is 0 Å². The SMILES string of the molecule is CCOC(=O)C(C)c1ccc(C(Cl)C2CCCS2(=O)=O)cc1. The molecule has 0 N–H and O–H groups in total. The smallest absolute Gasteiger partial charge is 0.313 e. The van der Waals surface area contributed by atoms with Gasteiger partial charge in [0.25, 0.3) is 0 Å². The lowest BCUT2D eigenvalue weighted by molar-refractivity contribution is -0.144. The molecule has 0 aliphatic carbocycles. The van der Waals surface area contributed by atoms with Crippen molar-refractivity contribution >= 4 is 27.4 Å². The molecular formula is C16H21ClO4S. The number of rotatable bonds is 5. The van der Waals surface area contributed by atoms with Crippen molar-refractivity contribution in [3.63, 3.8) is 0 Å². The summed E-state index contributed by atoms with van der Waals surface area (Å²) in [6.07, 6.45) is 1.28. The van der Waals surface area contributed by atoms with Crippen molar-refractivity contribution < 1.29 is 17.9 Å². The lowest BCUT2D eigenvalue weighted by Gasteiger charge is -2.18. The zero-order valence-electron chi connectivity index (χ0n) is 12.8. The molecule has 0 aromatic heterocycles. The first kappa shape index (κ1) is 17.3. The molecule has 3 atom stereocenters. The predicted molar refractivity (Wildman–Crippen MR) is 86.9 cm³/mol. The molecule has 1 saturated heterocycles. The van der Waals surface area contributed by atoms with E-state index < -0.39 is 20.5 Å². The number of halogens is 1. The molecule has 0 radical (unpaired) electrons. The maximum absolute atomic E-state index is 12.0. The summed E-state index contributed by atoms with van der Waals surface area (Å²) in [6, 6.07) is 7.23. The number of ether oxygens (including phenoxy) is 1. The number of sulfone groups is 1. The van der Waals surface area contributed by atoms with Crippen LogP contribution in [0.2, 0.25) is 0 Å². The lowest BCUT2D eigenvalue weighted by atomic mass is 9.98. The molecule has 4 nitrogen and oxygen atoms in total. The van der Waals surface area contributed by atoms with E-state index in [0.29, 0.717) is 19.4 Å². The van der Waals surface area contributed by atoms with Gasteiger partial charge >= 0.3 is 5.97 Å². The predicted octanol–water partition coefficient (Wildman–Crippen LogP) is 3.21. The number of carbonyl (C=O) groups is 1. The molecule has 6 heteroatoms. The number of carbonyl (C=O) groups excluding carboxylic acids is 1. The number of hydrogen-bond acceptors (Lipinski definition) is 4. The molecule has 1 aliphatic heterocycles. The van der Waals surface area contributed by atoms with E-state index in [1.807, 2.05) is 12.1 Å². The maximum atomic E-state index is 12.0. The normalized spacial score (nSPS) is 23.0. The van der Waals surface area contributed by atoms with Gasteiger partial charge in [0, 0.05) is 0 Å². The molecule has 1 heterocycles. The Kier molecular flexibility index (Phi) is 5.50. The van der Waals surface area contributed by atoms with Gasteiger partial charge in [-0.1, -0.05) is 24.3 Å². The Hall–Kier alpha value is -1.07. The van der Waals surface area contributed by atoms with E-state index in [4.69, 9.17) is 16.3 Å². The van der Waals surface area contributed by atoms with Crippen LogP contribution in [0, 0.1) is 0 Å². The van der Waals surface area contributed by atoms with Crippen molar-refractivity contribution in [2.75, 3.05) is 12.4 Å². The van der Waals surface area contributed by atoms with E-state index in [1.165, 1.54) is 0 Å². The maximum Gasteiger partial charge on any atom is 0.313 e. The Bertz CT molecular complexity index is 624. The number of benzene rings is 1. The topological polar surface area (TPSA) is 60.4 Å². The van der Waals surface area contributed by atoms with Crippen molar-refractivity contribution in [1.29, 1.82) is 0 Å². The van der Waals surface area contributed by atoms with Crippen molar-refractivity contribution in [1.82, 2.24) is 0 Å². The van der Waals surface area contributed by atoms with Crippen LogP contribution in [0.25, 0.3) is 0 Å². The van der Waals surface area contributed by atoms with Gasteiger partial charge in [-0.2, -0.15) is 0 Å². The van der Waals surface area contributed by atoms with Crippen LogP contribution < -0.4 is 0 Å². The van der Waals surface area contributed by atoms with Gasteiger partial charge in [0.1, 0.15) is 0 Å². The minimum atomic E-state index is -3.09. The van der Waals surface area contributed by atoms with Gasteiger partial charge in [-0.05, 0) is 37.8 Å². The van der Waals surface area contributed by atoms with E-state index in [0.717, 1.165) is 11.1 Å². The fourth-order valence-corrected chi connectivity index (χ4v) is 5.39. The van der Waals surface area contributed by atoms with Crippen molar-refractivity contribution in [3.05, 3.63) is 35.4 Å². The molecule has 1 aromatic rings. The van der Waals surface area contributed by atoms with Crippen LogP contribution in [0.15, 0.2) is 24.3 Å². The molecule has 3 unspecified atom stereocenters. The third-order valence-electron chi connectivity index (χ3n) is 4.10. The zero-order valence-corrected chi connectivity index (χ0v) is 14.4. The van der Waals surface area contributed by atoms with Gasteiger partial charge in [-0.15, -0.1) is 11.6 Å². The van der Waals surface area contributed by atoms with Gasteiger partial charge in [0.05, 0.1) is 28.9 Å². The minimum Gasteiger partial charge on any atom is -0.466 e. The Labute approximate surface area is 136 Å². The Morgan fingerprint density at radius 3 is 2.41 bits per heavy atom. The first-order chi connectivity index (χ1) is 10.4. The van der Waals surface area contributed by atoms with Crippen LogP contribution in [0.1, 0.15) is 49.1 Å². The fraction of sp³-hybridized carbons (Fsp3) is 0.562. The standard InChI is InChI=1S/C16H21ClO4S/c1-3-21-16(18)11(2)12-6-8-13(9-7-12)15(17)14-5-4-10-22(14,19)20/h6-9,11,14-15H,3-5,10H2,1-2H3. The van der Waals surface area contributed by atoms with Gasteiger partial charge in [0.2, 0.25) is 0 Å². The van der Waals surface area contributed by atoms with E-state index >= 15 is 0 Å². The lowest BCUT2D eigenvalue weighted by Crippen LogP contribution is -2.21. The summed E-state index contributed by atoms with van der Waals surface area (Å²) in [4.78, 5) is 11.7. The summed E-state index contributed by atoms with van der Waals surface area (Å²) in [5.74, 6) is -0.396. The highest BCUT2D eigenvalue weighted by molar-refractivity contribution is 7.92. The molecule has 0 bridgehead atoms. The van der Waals surface area contributed by atoms with Crippen LogP contribution in [0.4, 0.5) is 0 Å². The zero-order chi connectivity index (χ0) is 16.3. The third-order valence-corrected chi connectivity index (χ3v) is 7.09. The highest BCUT2D eigenvalue weighted by Gasteiger charge is 2.37. The van der Waals surface area contributed by atoms with Crippen LogP contribution in [0.5, 0.6) is 0 Å². The Morgan fingerprint density at radius 2 is 1.91 bits per heavy atom. The fourth-order valence-electron chi connectivity index (χ4n) is 2.73. The molecule has 0 spiro atoms. The second-order valence-electron chi connectivity index (χ2n) is 5.59. The van der Waals surface area contributed by atoms with Crippen LogP contribution in [-0.4, -0.2) is 32.0 Å². The van der Waals surface area contributed by atoms with Crippen LogP contribution in [0.3, 0.4) is 0 Å². The van der Waals surface area contributed by atoms with Crippen molar-refractivity contribution in [2.24, 2.45) is 0 Å². The number of esters is 1. The van der Waals surface area contributed by atoms with Gasteiger partial charge in [-0.25, -0.2) is 8.42 Å². The van der Waals surface area contributed by atoms with Gasteiger partial charge in [0.15, 0.2) is 9.84 Å². The summed E-state index contributed by atoms with van der Waals surface area (Å²) in [6.45, 7) is 3.91. The van der Waals surface area contributed by atoms with Crippen molar-refractivity contribution in [2.45, 2.75) is 43.2 Å². The molecule has 1 aliphatic rings. The van der Waals surface area contributed by atoms with Gasteiger partial charge in [-0.3, -0.25) is 4.79 Å². The second kappa shape index (κ2) is 7.01. The minimum absolute atomic E-state index is 0.221.